The number of hydrogen-bond donors (Lipinski definition) is 1. The predicted octanol–water partition coefficient (Wildman–Crippen LogP) is 4.76. The number of unbranched alkanes of at least 4 members (excludes halogenated alkanes) is 4. The number of imidazole rings is 1. The van der Waals surface area contributed by atoms with Crippen LogP contribution < -0.4 is 5.32 Å². The van der Waals surface area contributed by atoms with Crippen LogP contribution in [0.25, 0.3) is 11.2 Å². The van der Waals surface area contributed by atoms with Crippen LogP contribution in [0, 0.1) is 0 Å². The molecule has 0 unspecified atom stereocenters. The second-order valence-corrected chi connectivity index (χ2v) is 8.81. The first-order valence-corrected chi connectivity index (χ1v) is 12.0. The highest BCUT2D eigenvalue weighted by Gasteiger charge is 2.29. The summed E-state index contributed by atoms with van der Waals surface area (Å²) in [5, 5.41) is 3.53. The number of anilines is 1. The van der Waals surface area contributed by atoms with Crippen molar-refractivity contribution >= 4 is 23.0 Å². The van der Waals surface area contributed by atoms with Gasteiger partial charge in [0.2, 0.25) is 0 Å². The second kappa shape index (κ2) is 10.9. The summed E-state index contributed by atoms with van der Waals surface area (Å²) in [6.45, 7) is 2.51. The number of ether oxygens (including phenoxy) is 2. The lowest BCUT2D eigenvalue weighted by atomic mass is 10.1. The van der Waals surface area contributed by atoms with Crippen LogP contribution >= 0.6 is 0 Å². The Balaban J connectivity index is 1.27. The first kappa shape index (κ1) is 22.0. The van der Waals surface area contributed by atoms with Gasteiger partial charge in [0.15, 0.2) is 17.0 Å². The van der Waals surface area contributed by atoms with Crippen molar-refractivity contribution in [3.8, 4) is 0 Å². The quantitative estimate of drug-likeness (QED) is 0.407. The summed E-state index contributed by atoms with van der Waals surface area (Å²) in [5.41, 5.74) is 1.57. The standard InChI is InChI=1S/C23H35N5O3/c1-2-3-4-5-6-11-20(29)30-14-18-12-13-19(31-18)28-16-26-21-22(24-15-25-23(21)28)27-17-9-7-8-10-17/h15-19H,2-14H2,1H3,(H,24,25,27)/t18-,19+/m0/s1. The second-order valence-electron chi connectivity index (χ2n) is 8.81. The molecule has 0 radical (unpaired) electrons. The first-order chi connectivity index (χ1) is 15.2. The zero-order valence-electron chi connectivity index (χ0n) is 18.6. The van der Waals surface area contributed by atoms with Gasteiger partial charge in [-0.05, 0) is 32.1 Å². The number of fused-ring (bicyclic) bond motifs is 1. The van der Waals surface area contributed by atoms with Gasteiger partial charge in [-0.1, -0.05) is 45.4 Å². The topological polar surface area (TPSA) is 91.2 Å². The van der Waals surface area contributed by atoms with Crippen molar-refractivity contribution in [2.75, 3.05) is 11.9 Å². The molecular weight excluding hydrogens is 394 g/mol. The smallest absolute Gasteiger partial charge is 0.305 e. The fraction of sp³-hybridized carbons (Fsp3) is 0.739. The lowest BCUT2D eigenvalue weighted by Gasteiger charge is -2.16. The molecule has 31 heavy (non-hydrogen) atoms. The van der Waals surface area contributed by atoms with Crippen LogP contribution in [0.3, 0.4) is 0 Å². The molecule has 1 aliphatic carbocycles. The Kier molecular flexibility index (Phi) is 7.72. The summed E-state index contributed by atoms with van der Waals surface area (Å²) >= 11 is 0. The molecule has 0 bridgehead atoms. The molecule has 2 aromatic rings. The molecule has 2 aliphatic rings. The summed E-state index contributed by atoms with van der Waals surface area (Å²) in [6, 6.07) is 0.469. The van der Waals surface area contributed by atoms with Crippen LogP contribution in [-0.4, -0.2) is 44.2 Å². The van der Waals surface area contributed by atoms with Crippen molar-refractivity contribution in [1.82, 2.24) is 19.5 Å². The number of aromatic nitrogens is 4. The molecule has 8 heteroatoms. The van der Waals surface area contributed by atoms with E-state index in [1.807, 2.05) is 4.57 Å². The fourth-order valence-electron chi connectivity index (χ4n) is 4.58. The van der Waals surface area contributed by atoms with E-state index in [0.29, 0.717) is 19.1 Å². The van der Waals surface area contributed by atoms with E-state index < -0.39 is 0 Å². The van der Waals surface area contributed by atoms with E-state index in [1.165, 1.54) is 44.9 Å². The molecule has 1 saturated heterocycles. The van der Waals surface area contributed by atoms with Crippen molar-refractivity contribution in [2.45, 2.75) is 102 Å². The Morgan fingerprint density at radius 1 is 1.13 bits per heavy atom. The minimum atomic E-state index is -0.142. The van der Waals surface area contributed by atoms with Crippen LogP contribution in [0.2, 0.25) is 0 Å². The molecule has 4 rings (SSSR count). The molecule has 2 fully saturated rings. The van der Waals surface area contributed by atoms with E-state index >= 15 is 0 Å². The van der Waals surface area contributed by atoms with Gasteiger partial charge in [0.25, 0.3) is 0 Å². The minimum absolute atomic E-state index is 0.0792. The maximum atomic E-state index is 12.0. The third-order valence-electron chi connectivity index (χ3n) is 6.36. The Morgan fingerprint density at radius 3 is 2.81 bits per heavy atom. The van der Waals surface area contributed by atoms with Gasteiger partial charge in [0.05, 0.1) is 12.4 Å². The van der Waals surface area contributed by atoms with E-state index in [4.69, 9.17) is 9.47 Å². The van der Waals surface area contributed by atoms with Crippen LogP contribution in [0.4, 0.5) is 5.82 Å². The zero-order chi connectivity index (χ0) is 21.5. The zero-order valence-corrected chi connectivity index (χ0v) is 18.6. The van der Waals surface area contributed by atoms with E-state index in [1.54, 1.807) is 12.7 Å². The normalized spacial score (nSPS) is 21.7. The van der Waals surface area contributed by atoms with Crippen molar-refractivity contribution in [3.05, 3.63) is 12.7 Å². The predicted molar refractivity (Wildman–Crippen MR) is 119 cm³/mol. The number of rotatable bonds is 11. The van der Waals surface area contributed by atoms with Crippen molar-refractivity contribution < 1.29 is 14.3 Å². The monoisotopic (exact) mass is 429 g/mol. The molecular formula is C23H35N5O3. The average Bonchev–Trinajstić information content (AvgIpc) is 3.53. The van der Waals surface area contributed by atoms with Gasteiger partial charge in [0.1, 0.15) is 19.2 Å². The Morgan fingerprint density at radius 2 is 1.97 bits per heavy atom. The van der Waals surface area contributed by atoms with Crippen LogP contribution in [-0.2, 0) is 14.3 Å². The highest BCUT2D eigenvalue weighted by molar-refractivity contribution is 5.82. The summed E-state index contributed by atoms with van der Waals surface area (Å²) in [7, 11) is 0. The lowest BCUT2D eigenvalue weighted by molar-refractivity contribution is -0.148. The number of hydrogen-bond acceptors (Lipinski definition) is 7. The van der Waals surface area contributed by atoms with Crippen molar-refractivity contribution in [3.63, 3.8) is 0 Å². The van der Waals surface area contributed by atoms with E-state index in [-0.39, 0.29) is 18.3 Å². The van der Waals surface area contributed by atoms with Gasteiger partial charge in [-0.3, -0.25) is 9.36 Å². The Labute approximate surface area is 184 Å². The molecule has 2 aromatic heterocycles. The number of nitrogens with one attached hydrogen (secondary N) is 1. The largest absolute Gasteiger partial charge is 0.463 e. The van der Waals surface area contributed by atoms with Crippen molar-refractivity contribution in [1.29, 1.82) is 0 Å². The van der Waals surface area contributed by atoms with Crippen molar-refractivity contribution in [2.24, 2.45) is 0 Å². The molecule has 2 atom stereocenters. The van der Waals surface area contributed by atoms with E-state index in [9.17, 15) is 4.79 Å². The fourth-order valence-corrected chi connectivity index (χ4v) is 4.58. The lowest BCUT2D eigenvalue weighted by Crippen LogP contribution is -2.19. The van der Waals surface area contributed by atoms with Gasteiger partial charge in [0, 0.05) is 12.5 Å². The maximum Gasteiger partial charge on any atom is 0.305 e. The van der Waals surface area contributed by atoms with Gasteiger partial charge >= 0.3 is 5.97 Å². The van der Waals surface area contributed by atoms with E-state index in [0.717, 1.165) is 42.7 Å². The third kappa shape index (κ3) is 5.73. The molecule has 3 heterocycles. The molecule has 1 N–H and O–H groups in total. The minimum Gasteiger partial charge on any atom is -0.463 e. The van der Waals surface area contributed by atoms with Crippen LogP contribution in [0.5, 0.6) is 0 Å². The van der Waals surface area contributed by atoms with Gasteiger partial charge in [-0.15, -0.1) is 0 Å². The molecule has 0 amide bonds. The summed E-state index contributed by atoms with van der Waals surface area (Å²) < 4.78 is 13.6. The summed E-state index contributed by atoms with van der Waals surface area (Å²) in [4.78, 5) is 25.4. The van der Waals surface area contributed by atoms with Crippen LogP contribution in [0.15, 0.2) is 12.7 Å². The summed E-state index contributed by atoms with van der Waals surface area (Å²) in [5.74, 6) is 0.685. The van der Waals surface area contributed by atoms with E-state index in [2.05, 4.69) is 27.2 Å². The molecule has 170 valence electrons. The highest BCUT2D eigenvalue weighted by atomic mass is 16.6. The molecule has 0 spiro atoms. The average molecular weight is 430 g/mol. The van der Waals surface area contributed by atoms with Gasteiger partial charge in [-0.25, -0.2) is 15.0 Å². The Hall–Kier alpha value is -2.22. The molecule has 1 saturated carbocycles. The first-order valence-electron chi connectivity index (χ1n) is 12.0. The number of carbonyl (C=O) groups is 1. The number of esters is 1. The highest BCUT2D eigenvalue weighted by Crippen LogP contribution is 2.32. The molecule has 0 aromatic carbocycles. The van der Waals surface area contributed by atoms with Crippen LogP contribution in [0.1, 0.15) is 90.2 Å². The molecule has 8 nitrogen and oxygen atoms in total. The number of nitrogens with zero attached hydrogens (tertiary/aromatic N) is 4. The molecule has 1 aliphatic heterocycles. The number of carbonyl (C=O) groups excluding carboxylic acids is 1. The van der Waals surface area contributed by atoms with Gasteiger partial charge in [-0.2, -0.15) is 0 Å². The SMILES string of the molecule is CCCCCCCC(=O)OC[C@@H]1CC[C@H](n2cnc3c(NC4CCCC4)ncnc32)O1. The Bertz CT molecular complexity index is 849. The maximum absolute atomic E-state index is 12.0. The van der Waals surface area contributed by atoms with Gasteiger partial charge < -0.3 is 14.8 Å². The summed E-state index contributed by atoms with van der Waals surface area (Å²) in [6.07, 6.45) is 15.9. The third-order valence-corrected chi connectivity index (χ3v) is 6.36.